The van der Waals surface area contributed by atoms with Crippen LogP contribution in [0, 0.1) is 0 Å². The van der Waals surface area contributed by atoms with E-state index in [0.29, 0.717) is 25.0 Å². The molecule has 0 fully saturated rings. The van der Waals surface area contributed by atoms with Crippen LogP contribution < -0.4 is 0 Å². The average Bonchev–Trinajstić information content (AvgIpc) is 1.98. The molecule has 0 N–H and O–H groups in total. The molecule has 0 atom stereocenters. The maximum atomic E-state index is 11.5. The van der Waals surface area contributed by atoms with Gasteiger partial charge in [-0.1, -0.05) is 13.3 Å². The van der Waals surface area contributed by atoms with Crippen LogP contribution in [0.5, 0.6) is 0 Å². The van der Waals surface area contributed by atoms with Crippen LogP contribution in [0.2, 0.25) is 0 Å². The maximum absolute atomic E-state index is 11.5. The Labute approximate surface area is 61.6 Å². The summed E-state index contributed by atoms with van der Waals surface area (Å²) in [7, 11) is 0. The van der Waals surface area contributed by atoms with Gasteiger partial charge in [0.1, 0.15) is 5.78 Å². The van der Waals surface area contributed by atoms with Gasteiger partial charge in [-0.15, -0.1) is 0 Å². The second kappa shape index (κ2) is 6.72. The van der Waals surface area contributed by atoms with E-state index in [9.17, 15) is 9.18 Å². The van der Waals surface area contributed by atoms with E-state index < -0.39 is 0 Å². The zero-order chi connectivity index (χ0) is 7.82. The van der Waals surface area contributed by atoms with Crippen LogP contribution in [0.4, 0.5) is 4.39 Å². The van der Waals surface area contributed by atoms with Gasteiger partial charge < -0.3 is 0 Å². The van der Waals surface area contributed by atoms with Crippen LogP contribution in [-0.4, -0.2) is 12.5 Å². The second-order valence-corrected chi connectivity index (χ2v) is 2.39. The van der Waals surface area contributed by atoms with Crippen LogP contribution in [0.3, 0.4) is 0 Å². The van der Waals surface area contributed by atoms with E-state index in [2.05, 4.69) is 0 Å². The van der Waals surface area contributed by atoms with Crippen LogP contribution in [0.1, 0.15) is 39.0 Å². The molecule has 0 aromatic rings. The molecule has 1 nitrogen and oxygen atoms in total. The Hall–Kier alpha value is -0.400. The largest absolute Gasteiger partial charge is 0.300 e. The molecule has 0 aliphatic carbocycles. The fraction of sp³-hybridized carbons (Fsp3) is 0.875. The van der Waals surface area contributed by atoms with Crippen LogP contribution >= 0.6 is 0 Å². The van der Waals surface area contributed by atoms with Crippen molar-refractivity contribution in [2.75, 3.05) is 6.67 Å². The molecular weight excluding hydrogens is 131 g/mol. The van der Waals surface area contributed by atoms with Gasteiger partial charge in [-0.25, -0.2) is 0 Å². The fourth-order valence-electron chi connectivity index (χ4n) is 0.770. The van der Waals surface area contributed by atoms with Crippen LogP contribution in [-0.2, 0) is 4.79 Å². The smallest absolute Gasteiger partial charge is 0.132 e. The molecule has 0 unspecified atom stereocenters. The third-order valence-corrected chi connectivity index (χ3v) is 1.48. The molecule has 0 saturated carbocycles. The number of Topliss-reactive ketones (excluding diaryl/α,β-unsaturated/α-hetero) is 1. The highest BCUT2D eigenvalue weighted by molar-refractivity contribution is 5.77. The first-order valence-corrected chi connectivity index (χ1v) is 3.89. The van der Waals surface area contributed by atoms with Gasteiger partial charge in [-0.3, -0.25) is 9.18 Å². The maximum Gasteiger partial charge on any atom is 0.132 e. The predicted molar refractivity (Wildman–Crippen MR) is 39.7 cm³/mol. The Morgan fingerprint density at radius 1 is 1.30 bits per heavy atom. The molecule has 0 rings (SSSR count). The van der Waals surface area contributed by atoms with Gasteiger partial charge >= 0.3 is 0 Å². The summed E-state index contributed by atoms with van der Waals surface area (Å²) in [6, 6.07) is 0. The van der Waals surface area contributed by atoms with Crippen molar-refractivity contribution in [3.63, 3.8) is 0 Å². The fourth-order valence-corrected chi connectivity index (χ4v) is 0.770. The van der Waals surface area contributed by atoms with E-state index in [1.54, 1.807) is 0 Å². The molecule has 0 saturated heterocycles. The number of hydrogen-bond donors (Lipinski definition) is 0. The molecule has 60 valence electrons. The number of rotatable bonds is 6. The van der Waals surface area contributed by atoms with Crippen molar-refractivity contribution < 1.29 is 9.18 Å². The number of carbonyl (C=O) groups is 1. The Bertz CT molecular complexity index is 91.3. The third-order valence-electron chi connectivity index (χ3n) is 1.48. The zero-order valence-corrected chi connectivity index (χ0v) is 6.53. The van der Waals surface area contributed by atoms with Gasteiger partial charge in [-0.05, 0) is 12.8 Å². The molecule has 0 aromatic carbocycles. The Balaban J connectivity index is 2.96. The molecule has 0 heterocycles. The standard InChI is InChI=1S/C8H15FO/c1-2-8(10)6-4-3-5-7-9/h2-7H2,1H3. The number of carbonyl (C=O) groups excluding carboxylic acids is 1. The quantitative estimate of drug-likeness (QED) is 0.526. The lowest BCUT2D eigenvalue weighted by molar-refractivity contribution is -0.118. The molecule has 0 aliphatic rings. The molecule has 0 aromatic heterocycles. The highest BCUT2D eigenvalue weighted by Gasteiger charge is 1.96. The molecule has 0 radical (unpaired) electrons. The number of alkyl halides is 1. The highest BCUT2D eigenvalue weighted by atomic mass is 19.1. The molecule has 10 heavy (non-hydrogen) atoms. The van der Waals surface area contributed by atoms with E-state index in [4.69, 9.17) is 0 Å². The SMILES string of the molecule is CCC(=O)CCCCCF. The summed E-state index contributed by atoms with van der Waals surface area (Å²) in [5.74, 6) is 0.291. The van der Waals surface area contributed by atoms with Crippen molar-refractivity contribution >= 4 is 5.78 Å². The lowest BCUT2D eigenvalue weighted by atomic mass is 10.1. The lowest BCUT2D eigenvalue weighted by Gasteiger charge is -1.95. The summed E-state index contributed by atoms with van der Waals surface area (Å²) in [4.78, 5) is 10.7. The summed E-state index contributed by atoms with van der Waals surface area (Å²) in [5, 5.41) is 0. The summed E-state index contributed by atoms with van der Waals surface area (Å²) in [6.07, 6.45) is 3.57. The summed E-state index contributed by atoms with van der Waals surface area (Å²) in [6.45, 7) is 1.61. The van der Waals surface area contributed by atoms with Crippen molar-refractivity contribution in [3.8, 4) is 0 Å². The van der Waals surface area contributed by atoms with E-state index in [-0.39, 0.29) is 6.67 Å². The first kappa shape index (κ1) is 9.60. The summed E-state index contributed by atoms with van der Waals surface area (Å²) < 4.78 is 11.5. The molecule has 0 aliphatic heterocycles. The van der Waals surface area contributed by atoms with Crippen molar-refractivity contribution in [1.29, 1.82) is 0 Å². The van der Waals surface area contributed by atoms with E-state index in [1.165, 1.54) is 0 Å². The topological polar surface area (TPSA) is 17.1 Å². The van der Waals surface area contributed by atoms with Crippen LogP contribution in [0.25, 0.3) is 0 Å². The summed E-state index contributed by atoms with van der Waals surface area (Å²) in [5.41, 5.74) is 0. The number of unbranched alkanes of at least 4 members (excludes halogenated alkanes) is 2. The Morgan fingerprint density at radius 3 is 2.50 bits per heavy atom. The molecule has 0 spiro atoms. The Kier molecular flexibility index (Phi) is 6.45. The monoisotopic (exact) mass is 146 g/mol. The molecule has 0 bridgehead atoms. The normalized spacial score (nSPS) is 9.80. The third kappa shape index (κ3) is 5.73. The Morgan fingerprint density at radius 2 is 2.00 bits per heavy atom. The first-order chi connectivity index (χ1) is 4.81. The van der Waals surface area contributed by atoms with Gasteiger partial charge in [0, 0.05) is 12.8 Å². The number of hydrogen-bond acceptors (Lipinski definition) is 1. The predicted octanol–water partition coefficient (Wildman–Crippen LogP) is 2.50. The second-order valence-electron chi connectivity index (χ2n) is 2.39. The molecule has 0 amide bonds. The highest BCUT2D eigenvalue weighted by Crippen LogP contribution is 2.01. The summed E-state index contributed by atoms with van der Waals surface area (Å²) >= 11 is 0. The van der Waals surface area contributed by atoms with Crippen LogP contribution in [0.15, 0.2) is 0 Å². The van der Waals surface area contributed by atoms with Crippen molar-refractivity contribution in [3.05, 3.63) is 0 Å². The van der Waals surface area contributed by atoms with Gasteiger partial charge in [-0.2, -0.15) is 0 Å². The molecule has 2 heteroatoms. The van der Waals surface area contributed by atoms with Crippen molar-refractivity contribution in [2.45, 2.75) is 39.0 Å². The van der Waals surface area contributed by atoms with Gasteiger partial charge in [0.2, 0.25) is 0 Å². The minimum Gasteiger partial charge on any atom is -0.300 e. The van der Waals surface area contributed by atoms with E-state index in [1.807, 2.05) is 6.92 Å². The van der Waals surface area contributed by atoms with E-state index >= 15 is 0 Å². The van der Waals surface area contributed by atoms with E-state index in [0.717, 1.165) is 12.8 Å². The minimum atomic E-state index is -0.250. The van der Waals surface area contributed by atoms with Crippen molar-refractivity contribution in [1.82, 2.24) is 0 Å². The van der Waals surface area contributed by atoms with Crippen molar-refractivity contribution in [2.24, 2.45) is 0 Å². The molecular formula is C8H15FO. The number of ketones is 1. The van der Waals surface area contributed by atoms with Gasteiger partial charge in [0.05, 0.1) is 6.67 Å². The first-order valence-electron chi connectivity index (χ1n) is 3.89. The zero-order valence-electron chi connectivity index (χ0n) is 6.53. The van der Waals surface area contributed by atoms with Gasteiger partial charge in [0.15, 0.2) is 0 Å². The lowest BCUT2D eigenvalue weighted by Crippen LogP contribution is -1.94. The number of halogens is 1. The average molecular weight is 146 g/mol. The minimum absolute atomic E-state index is 0.250. The van der Waals surface area contributed by atoms with Gasteiger partial charge in [0.25, 0.3) is 0 Å².